The van der Waals surface area contributed by atoms with Crippen molar-refractivity contribution in [3.63, 3.8) is 0 Å². The number of hydrogen-bond donors (Lipinski definition) is 3. The summed E-state index contributed by atoms with van der Waals surface area (Å²) in [6, 6.07) is 3.24. The third kappa shape index (κ3) is 1.19. The van der Waals surface area contributed by atoms with E-state index in [4.69, 9.17) is 5.73 Å². The topological polar surface area (TPSA) is 91.7 Å². The number of benzene rings is 1. The molecule has 5 heteroatoms. The van der Waals surface area contributed by atoms with E-state index in [0.29, 0.717) is 16.6 Å². The normalized spacial score (nSPS) is 10.6. The van der Waals surface area contributed by atoms with E-state index in [2.05, 4.69) is 9.97 Å². The van der Waals surface area contributed by atoms with Crippen LogP contribution >= 0.6 is 0 Å². The number of rotatable bonds is 0. The van der Waals surface area contributed by atoms with Crippen molar-refractivity contribution < 1.29 is 0 Å². The quantitative estimate of drug-likeness (QED) is 0.516. The lowest BCUT2D eigenvalue weighted by atomic mass is 10.1. The molecule has 0 fully saturated rings. The van der Waals surface area contributed by atoms with Crippen LogP contribution in [0.25, 0.3) is 10.9 Å². The third-order valence-corrected chi connectivity index (χ3v) is 2.13. The number of aryl methyl sites for hydroxylation is 1. The van der Waals surface area contributed by atoms with Crippen molar-refractivity contribution in [2.45, 2.75) is 6.92 Å². The average molecular weight is 191 g/mol. The minimum absolute atomic E-state index is 0.396. The Morgan fingerprint density at radius 3 is 2.64 bits per heavy atom. The molecule has 1 heterocycles. The molecule has 0 amide bonds. The first-order chi connectivity index (χ1) is 6.58. The highest BCUT2D eigenvalue weighted by Crippen LogP contribution is 2.15. The summed E-state index contributed by atoms with van der Waals surface area (Å²) in [4.78, 5) is 27.0. The van der Waals surface area contributed by atoms with Crippen LogP contribution in [0.15, 0.2) is 21.7 Å². The number of H-pyrrole nitrogens is 2. The van der Waals surface area contributed by atoms with Crippen molar-refractivity contribution in [3.05, 3.63) is 38.5 Å². The second-order valence-electron chi connectivity index (χ2n) is 3.16. The first-order valence-electron chi connectivity index (χ1n) is 4.10. The fraction of sp³-hybridized carbons (Fsp3) is 0.111. The van der Waals surface area contributed by atoms with Crippen LogP contribution in [0.5, 0.6) is 0 Å². The van der Waals surface area contributed by atoms with Crippen LogP contribution in [0.4, 0.5) is 5.69 Å². The predicted molar refractivity (Wildman–Crippen MR) is 54.3 cm³/mol. The molecule has 5 nitrogen and oxygen atoms in total. The minimum atomic E-state index is -0.522. The molecule has 4 N–H and O–H groups in total. The maximum absolute atomic E-state index is 11.3. The van der Waals surface area contributed by atoms with E-state index in [1.165, 1.54) is 0 Å². The summed E-state index contributed by atoms with van der Waals surface area (Å²) in [5, 5.41) is 0.441. The van der Waals surface area contributed by atoms with Gasteiger partial charge in [-0.2, -0.15) is 0 Å². The Balaban J connectivity index is 3.03. The van der Waals surface area contributed by atoms with E-state index in [-0.39, 0.29) is 0 Å². The van der Waals surface area contributed by atoms with Gasteiger partial charge in [0.15, 0.2) is 0 Å². The molecule has 1 aromatic carbocycles. The van der Waals surface area contributed by atoms with Gasteiger partial charge >= 0.3 is 5.69 Å². The number of nitrogen functional groups attached to an aromatic ring is 1. The highest BCUT2D eigenvalue weighted by atomic mass is 16.2. The number of hydrogen-bond acceptors (Lipinski definition) is 3. The average Bonchev–Trinajstić information content (AvgIpc) is 2.08. The van der Waals surface area contributed by atoms with E-state index < -0.39 is 11.2 Å². The highest BCUT2D eigenvalue weighted by Gasteiger charge is 2.02. The number of aromatic nitrogens is 2. The maximum atomic E-state index is 11.3. The standard InChI is InChI=1S/C9H9N3O2/c1-4-2-5-7(3-6(4)10)11-9(14)12-8(5)13/h2-3H,10H2,1H3,(H2,11,12,13,14). The Morgan fingerprint density at radius 1 is 1.21 bits per heavy atom. The fourth-order valence-corrected chi connectivity index (χ4v) is 1.34. The molecule has 1 aromatic heterocycles. The van der Waals surface area contributed by atoms with Gasteiger partial charge in [-0.25, -0.2) is 4.79 Å². The van der Waals surface area contributed by atoms with Crippen LogP contribution in [0, 0.1) is 6.92 Å². The maximum Gasteiger partial charge on any atom is 0.326 e. The molecule has 72 valence electrons. The van der Waals surface area contributed by atoms with Crippen LogP contribution < -0.4 is 17.0 Å². The van der Waals surface area contributed by atoms with Gasteiger partial charge < -0.3 is 10.7 Å². The lowest BCUT2D eigenvalue weighted by Gasteiger charge is -2.01. The molecule has 2 rings (SSSR count). The SMILES string of the molecule is Cc1cc2c(=O)[nH]c(=O)[nH]c2cc1N. The number of anilines is 1. The Hall–Kier alpha value is -2.04. The Bertz CT molecular complexity index is 609. The summed E-state index contributed by atoms with van der Waals surface area (Å²) in [5.41, 5.74) is 6.56. The molecule has 0 aliphatic carbocycles. The zero-order chi connectivity index (χ0) is 10.3. The van der Waals surface area contributed by atoms with Crippen molar-refractivity contribution in [1.29, 1.82) is 0 Å². The Kier molecular flexibility index (Phi) is 1.67. The summed E-state index contributed by atoms with van der Waals surface area (Å²) in [7, 11) is 0. The van der Waals surface area contributed by atoms with E-state index >= 15 is 0 Å². The van der Waals surface area contributed by atoms with Gasteiger partial charge in [0, 0.05) is 5.69 Å². The van der Waals surface area contributed by atoms with Crippen LogP contribution in [0.1, 0.15) is 5.56 Å². The molecular formula is C9H9N3O2. The lowest BCUT2D eigenvalue weighted by Crippen LogP contribution is -2.22. The van der Waals surface area contributed by atoms with Crippen LogP contribution in [0.2, 0.25) is 0 Å². The molecule has 0 aliphatic heterocycles. The fourth-order valence-electron chi connectivity index (χ4n) is 1.34. The summed E-state index contributed by atoms with van der Waals surface area (Å²) in [6.45, 7) is 1.80. The highest BCUT2D eigenvalue weighted by molar-refractivity contribution is 5.82. The number of nitrogens with one attached hydrogen (secondary N) is 2. The summed E-state index contributed by atoms with van der Waals surface area (Å²) >= 11 is 0. The van der Waals surface area contributed by atoms with Gasteiger partial charge in [-0.1, -0.05) is 0 Å². The molecule has 0 spiro atoms. The molecular weight excluding hydrogens is 182 g/mol. The first kappa shape index (κ1) is 8.55. The second-order valence-corrected chi connectivity index (χ2v) is 3.16. The van der Waals surface area contributed by atoms with E-state index in [1.807, 2.05) is 0 Å². The molecule has 0 bridgehead atoms. The molecule has 0 atom stereocenters. The van der Waals surface area contributed by atoms with Crippen molar-refractivity contribution >= 4 is 16.6 Å². The molecule has 0 saturated carbocycles. The van der Waals surface area contributed by atoms with Crippen LogP contribution in [-0.4, -0.2) is 9.97 Å². The second kappa shape index (κ2) is 2.73. The molecule has 0 saturated heterocycles. The van der Waals surface area contributed by atoms with Crippen LogP contribution in [0.3, 0.4) is 0 Å². The van der Waals surface area contributed by atoms with E-state index in [0.717, 1.165) is 5.56 Å². The van der Waals surface area contributed by atoms with Gasteiger partial charge in [0.25, 0.3) is 5.56 Å². The third-order valence-electron chi connectivity index (χ3n) is 2.13. The molecule has 2 aromatic rings. The van der Waals surface area contributed by atoms with Gasteiger partial charge in [-0.15, -0.1) is 0 Å². The van der Waals surface area contributed by atoms with Crippen LogP contribution in [-0.2, 0) is 0 Å². The number of aromatic amines is 2. The van der Waals surface area contributed by atoms with Crippen molar-refractivity contribution in [2.75, 3.05) is 5.73 Å². The Labute approximate surface area is 78.6 Å². The minimum Gasteiger partial charge on any atom is -0.398 e. The van der Waals surface area contributed by atoms with Crippen molar-refractivity contribution in [2.24, 2.45) is 0 Å². The Morgan fingerprint density at radius 2 is 1.93 bits per heavy atom. The van der Waals surface area contributed by atoms with Gasteiger partial charge in [0.05, 0.1) is 10.9 Å². The van der Waals surface area contributed by atoms with Gasteiger partial charge in [0.1, 0.15) is 0 Å². The zero-order valence-corrected chi connectivity index (χ0v) is 7.55. The van der Waals surface area contributed by atoms with Gasteiger partial charge in [-0.05, 0) is 24.6 Å². The smallest absolute Gasteiger partial charge is 0.326 e. The van der Waals surface area contributed by atoms with E-state index in [9.17, 15) is 9.59 Å². The number of fused-ring (bicyclic) bond motifs is 1. The molecule has 0 radical (unpaired) electrons. The van der Waals surface area contributed by atoms with Crippen molar-refractivity contribution in [3.8, 4) is 0 Å². The molecule has 0 unspecified atom stereocenters. The van der Waals surface area contributed by atoms with E-state index in [1.54, 1.807) is 19.1 Å². The summed E-state index contributed by atoms with van der Waals surface area (Å²) < 4.78 is 0. The number of nitrogens with two attached hydrogens (primary N) is 1. The van der Waals surface area contributed by atoms with Crippen molar-refractivity contribution in [1.82, 2.24) is 9.97 Å². The first-order valence-corrected chi connectivity index (χ1v) is 4.10. The largest absolute Gasteiger partial charge is 0.398 e. The van der Waals surface area contributed by atoms with Gasteiger partial charge in [0.2, 0.25) is 0 Å². The summed E-state index contributed by atoms with van der Waals surface area (Å²) in [5.74, 6) is 0. The predicted octanol–water partition coefficient (Wildman–Crippen LogP) is 0.107. The monoisotopic (exact) mass is 191 g/mol. The zero-order valence-electron chi connectivity index (χ0n) is 7.55. The van der Waals surface area contributed by atoms with Gasteiger partial charge in [-0.3, -0.25) is 9.78 Å². The molecule has 0 aliphatic rings. The lowest BCUT2D eigenvalue weighted by molar-refractivity contribution is 1.08. The molecule has 14 heavy (non-hydrogen) atoms. The summed E-state index contributed by atoms with van der Waals surface area (Å²) in [6.07, 6.45) is 0.